The Morgan fingerprint density at radius 2 is 1.79 bits per heavy atom. The number of carbonyl (C=O) groups excluding carboxylic acids is 1. The first kappa shape index (κ1) is 28.1. The lowest BCUT2D eigenvalue weighted by Crippen LogP contribution is -2.37. The Kier molecular flexibility index (Phi) is 11.8. The third kappa shape index (κ3) is 8.58. The van der Waals surface area contributed by atoms with Crippen LogP contribution < -0.4 is 10.6 Å². The zero-order valence-electron chi connectivity index (χ0n) is 21.0. The molecule has 2 aromatic carbocycles. The number of nitrogens with one attached hydrogen (secondary N) is 2. The van der Waals surface area contributed by atoms with E-state index in [-0.39, 0.29) is 29.9 Å². The van der Waals surface area contributed by atoms with Crippen LogP contribution >= 0.6 is 24.0 Å². The third-order valence-electron chi connectivity index (χ3n) is 6.07. The van der Waals surface area contributed by atoms with Gasteiger partial charge in [-0.25, -0.2) is 4.99 Å². The Hall–Kier alpha value is -2.13. The van der Waals surface area contributed by atoms with Gasteiger partial charge < -0.3 is 15.5 Å². The first-order valence-electron chi connectivity index (χ1n) is 12.1. The number of piperidine rings is 1. The summed E-state index contributed by atoms with van der Waals surface area (Å²) in [4.78, 5) is 21.0. The zero-order chi connectivity index (χ0) is 23.6. The number of benzene rings is 2. The molecule has 34 heavy (non-hydrogen) atoms. The summed E-state index contributed by atoms with van der Waals surface area (Å²) >= 11 is 0. The van der Waals surface area contributed by atoms with E-state index in [1.165, 1.54) is 37.1 Å². The molecule has 2 aromatic rings. The normalized spacial score (nSPS) is 16.5. The first-order chi connectivity index (χ1) is 16.0. The average molecular weight is 578 g/mol. The lowest BCUT2D eigenvalue weighted by Gasteiger charge is -2.31. The molecule has 3 rings (SSSR count). The molecule has 0 bridgehead atoms. The van der Waals surface area contributed by atoms with Gasteiger partial charge in [0, 0.05) is 45.8 Å². The topological polar surface area (TPSA) is 60.0 Å². The molecule has 1 atom stereocenters. The summed E-state index contributed by atoms with van der Waals surface area (Å²) in [7, 11) is 3.53. The lowest BCUT2D eigenvalue weighted by atomic mass is 9.99. The Labute approximate surface area is 222 Å². The number of hydrogen-bond donors (Lipinski definition) is 2. The molecule has 0 saturated carbocycles. The Balaban J connectivity index is 0.00000408. The van der Waals surface area contributed by atoms with Crippen molar-refractivity contribution in [2.45, 2.75) is 46.3 Å². The van der Waals surface area contributed by atoms with Crippen LogP contribution in [0.1, 0.15) is 53.7 Å². The molecule has 1 aliphatic heterocycles. The standard InChI is InChI=1S/C27H39N5O.HI/c1-5-28-27(29-17-22-12-14-23(15-13-22)26(33)31(3)4)30-18-24-10-6-7-11-25(24)20-32-16-8-9-21(2)19-32;/h6-7,10-15,21H,5,8-9,16-20H2,1-4H3,(H2,28,29,30);1H. The number of guanidine groups is 1. The van der Waals surface area contributed by atoms with Crippen molar-refractivity contribution in [1.29, 1.82) is 0 Å². The minimum absolute atomic E-state index is 0. The van der Waals surface area contributed by atoms with Crippen molar-refractivity contribution in [3.63, 3.8) is 0 Å². The van der Waals surface area contributed by atoms with Gasteiger partial charge in [0.1, 0.15) is 0 Å². The van der Waals surface area contributed by atoms with E-state index in [4.69, 9.17) is 4.99 Å². The van der Waals surface area contributed by atoms with E-state index in [1.807, 2.05) is 24.3 Å². The van der Waals surface area contributed by atoms with Gasteiger partial charge in [-0.2, -0.15) is 0 Å². The molecule has 0 spiro atoms. The molecule has 2 N–H and O–H groups in total. The molecule has 186 valence electrons. The van der Waals surface area contributed by atoms with Crippen molar-refractivity contribution in [2.75, 3.05) is 33.7 Å². The third-order valence-corrected chi connectivity index (χ3v) is 6.07. The van der Waals surface area contributed by atoms with E-state index < -0.39 is 0 Å². The Morgan fingerprint density at radius 1 is 1.09 bits per heavy atom. The fraction of sp³-hybridized carbons (Fsp3) is 0.481. The summed E-state index contributed by atoms with van der Waals surface area (Å²) in [5.41, 5.74) is 4.46. The summed E-state index contributed by atoms with van der Waals surface area (Å²) in [5.74, 6) is 1.59. The second-order valence-corrected chi connectivity index (χ2v) is 9.20. The van der Waals surface area contributed by atoms with Crippen LogP contribution in [0, 0.1) is 5.92 Å². The number of likely N-dealkylation sites (tertiary alicyclic amines) is 1. The molecule has 1 aliphatic rings. The van der Waals surface area contributed by atoms with Crippen molar-refractivity contribution in [3.05, 3.63) is 70.8 Å². The predicted molar refractivity (Wildman–Crippen MR) is 152 cm³/mol. The summed E-state index contributed by atoms with van der Waals surface area (Å²) in [6, 6.07) is 16.4. The van der Waals surface area contributed by atoms with Gasteiger partial charge in [-0.3, -0.25) is 9.69 Å². The zero-order valence-corrected chi connectivity index (χ0v) is 23.3. The van der Waals surface area contributed by atoms with Crippen molar-refractivity contribution < 1.29 is 4.79 Å². The monoisotopic (exact) mass is 577 g/mol. The number of aliphatic imine (C=N–C) groups is 1. The quantitative estimate of drug-likeness (QED) is 0.276. The highest BCUT2D eigenvalue weighted by atomic mass is 127. The van der Waals surface area contributed by atoms with Gasteiger partial charge in [0.05, 0.1) is 6.54 Å². The van der Waals surface area contributed by atoms with Crippen LogP contribution in [-0.2, 0) is 19.6 Å². The molecule has 1 fully saturated rings. The highest BCUT2D eigenvalue weighted by Crippen LogP contribution is 2.19. The SMILES string of the molecule is CCNC(=NCc1ccc(C(=O)N(C)C)cc1)NCc1ccccc1CN1CCCC(C)C1.I. The molecule has 1 unspecified atom stereocenters. The van der Waals surface area contributed by atoms with E-state index in [0.717, 1.165) is 37.1 Å². The average Bonchev–Trinajstić information content (AvgIpc) is 2.81. The fourth-order valence-corrected chi connectivity index (χ4v) is 4.26. The minimum Gasteiger partial charge on any atom is -0.357 e. The molecule has 0 aliphatic carbocycles. The predicted octanol–water partition coefficient (Wildman–Crippen LogP) is 4.49. The second kappa shape index (κ2) is 14.3. The summed E-state index contributed by atoms with van der Waals surface area (Å²) in [5, 5.41) is 6.84. The maximum atomic E-state index is 12.1. The van der Waals surface area contributed by atoms with Gasteiger partial charge in [0.15, 0.2) is 5.96 Å². The van der Waals surface area contributed by atoms with Crippen molar-refractivity contribution >= 4 is 35.8 Å². The molecule has 1 saturated heterocycles. The molecule has 1 amide bonds. The van der Waals surface area contributed by atoms with Gasteiger partial charge in [-0.15, -0.1) is 24.0 Å². The summed E-state index contributed by atoms with van der Waals surface area (Å²) in [6.45, 7) is 9.90. The minimum atomic E-state index is 0. The van der Waals surface area contributed by atoms with E-state index in [0.29, 0.717) is 12.1 Å². The van der Waals surface area contributed by atoms with Gasteiger partial charge in [0.25, 0.3) is 5.91 Å². The molecular weight excluding hydrogens is 537 g/mol. The maximum absolute atomic E-state index is 12.1. The molecule has 7 heteroatoms. The molecular formula is C27H40IN5O. The fourth-order valence-electron chi connectivity index (χ4n) is 4.26. The highest BCUT2D eigenvalue weighted by Gasteiger charge is 2.17. The van der Waals surface area contributed by atoms with Crippen LogP contribution in [0.5, 0.6) is 0 Å². The molecule has 6 nitrogen and oxygen atoms in total. The van der Waals surface area contributed by atoms with Gasteiger partial charge in [-0.1, -0.05) is 43.3 Å². The second-order valence-electron chi connectivity index (χ2n) is 9.20. The molecule has 0 aromatic heterocycles. The van der Waals surface area contributed by atoms with Crippen LogP contribution in [0.3, 0.4) is 0 Å². The van der Waals surface area contributed by atoms with Crippen LogP contribution in [0.4, 0.5) is 0 Å². The smallest absolute Gasteiger partial charge is 0.253 e. The van der Waals surface area contributed by atoms with Crippen LogP contribution in [-0.4, -0.2) is 55.4 Å². The van der Waals surface area contributed by atoms with Gasteiger partial charge >= 0.3 is 0 Å². The van der Waals surface area contributed by atoms with E-state index in [2.05, 4.69) is 53.6 Å². The van der Waals surface area contributed by atoms with Crippen molar-refractivity contribution in [1.82, 2.24) is 20.4 Å². The highest BCUT2D eigenvalue weighted by molar-refractivity contribution is 14.0. The molecule has 0 radical (unpaired) electrons. The number of amides is 1. The summed E-state index contributed by atoms with van der Waals surface area (Å²) in [6.07, 6.45) is 2.64. The Bertz CT molecular complexity index is 929. The van der Waals surface area contributed by atoms with E-state index in [9.17, 15) is 4.79 Å². The first-order valence-corrected chi connectivity index (χ1v) is 12.1. The van der Waals surface area contributed by atoms with E-state index in [1.54, 1.807) is 19.0 Å². The number of hydrogen-bond acceptors (Lipinski definition) is 3. The Morgan fingerprint density at radius 3 is 2.44 bits per heavy atom. The summed E-state index contributed by atoms with van der Waals surface area (Å²) < 4.78 is 0. The van der Waals surface area contributed by atoms with Gasteiger partial charge in [0.2, 0.25) is 0 Å². The maximum Gasteiger partial charge on any atom is 0.253 e. The number of rotatable bonds is 8. The van der Waals surface area contributed by atoms with Crippen molar-refractivity contribution in [3.8, 4) is 0 Å². The van der Waals surface area contributed by atoms with Gasteiger partial charge in [-0.05, 0) is 61.1 Å². The van der Waals surface area contributed by atoms with Crippen LogP contribution in [0.15, 0.2) is 53.5 Å². The largest absolute Gasteiger partial charge is 0.357 e. The van der Waals surface area contributed by atoms with Crippen molar-refractivity contribution in [2.24, 2.45) is 10.9 Å². The van der Waals surface area contributed by atoms with Crippen LogP contribution in [0.2, 0.25) is 0 Å². The van der Waals surface area contributed by atoms with Crippen LogP contribution in [0.25, 0.3) is 0 Å². The number of carbonyl (C=O) groups is 1. The van der Waals surface area contributed by atoms with E-state index >= 15 is 0 Å². The number of nitrogens with zero attached hydrogens (tertiary/aromatic N) is 3. The lowest BCUT2D eigenvalue weighted by molar-refractivity contribution is 0.0827. The number of halogens is 1. The molecule has 1 heterocycles.